The van der Waals surface area contributed by atoms with Crippen LogP contribution < -0.4 is 5.11 Å². The zero-order valence-electron chi connectivity index (χ0n) is 16.3. The molecule has 0 aliphatic rings. The fraction of sp³-hybridized carbons (Fsp3) is 0.0455. The van der Waals surface area contributed by atoms with Gasteiger partial charge in [-0.1, -0.05) is 60.4 Å². The van der Waals surface area contributed by atoms with Crippen molar-refractivity contribution in [2.45, 2.75) is 6.92 Å². The molecule has 2 aromatic heterocycles. The molecule has 0 aliphatic heterocycles. The molecule has 0 amide bonds. The molecule has 4 rings (SSSR count). The first-order valence-electron chi connectivity index (χ1n) is 8.73. The van der Waals surface area contributed by atoms with Crippen molar-refractivity contribution in [1.29, 1.82) is 0 Å². The number of carbonyl (C=O) groups is 1. The molecule has 31 heavy (non-hydrogen) atoms. The van der Waals surface area contributed by atoms with Gasteiger partial charge in [-0.05, 0) is 30.7 Å². The summed E-state index contributed by atoms with van der Waals surface area (Å²) in [5.74, 6) is -0.452. The van der Waals surface area contributed by atoms with E-state index in [1.807, 2.05) is 18.2 Å². The van der Waals surface area contributed by atoms with Crippen LogP contribution in [-0.2, 0) is 21.9 Å². The Bertz CT molecular complexity index is 1120. The molecule has 2 aromatic carbocycles. The van der Waals surface area contributed by atoms with E-state index in [1.54, 1.807) is 36.7 Å². The molecule has 4 aromatic rings. The maximum absolute atomic E-state index is 11.2. The monoisotopic (exact) mass is 466 g/mol. The van der Waals surface area contributed by atoms with Gasteiger partial charge in [-0.3, -0.25) is 14.8 Å². The van der Waals surface area contributed by atoms with Crippen LogP contribution in [0.3, 0.4) is 0 Å². The topological polar surface area (TPSA) is 132 Å². The summed E-state index contributed by atoms with van der Waals surface area (Å²) in [4.78, 5) is 27.5. The molecule has 0 fully saturated rings. The molecule has 0 aliphatic carbocycles. The van der Waals surface area contributed by atoms with E-state index in [2.05, 4.69) is 34.2 Å². The smallest absolute Gasteiger partial charge is 0.872 e. The van der Waals surface area contributed by atoms with E-state index in [9.17, 15) is 9.90 Å². The molecule has 9 heteroatoms. The standard InChI is InChI=1S/C12H8N2.C10H10O2.Cu.NO3/c1-3-9-5-6-10-4-2-8-14-12(10)11(9)13-7-1;1-8(11)7-10(12)9-5-3-2-4-6-9;;2-1(3)4/h1-8H;2-7,12H,1H3;;/q;;+2;-1/p-1/b;10-7-;;. The van der Waals surface area contributed by atoms with Gasteiger partial charge in [0.1, 0.15) is 0 Å². The Morgan fingerprint density at radius 2 is 1.29 bits per heavy atom. The third-order valence-electron chi connectivity index (χ3n) is 3.74. The largest absolute Gasteiger partial charge is 2.00 e. The second-order valence-corrected chi connectivity index (χ2v) is 5.92. The maximum atomic E-state index is 11.2. The molecule has 0 N–H and O–H groups in total. The molecular weight excluding hydrogens is 450 g/mol. The molecule has 0 atom stereocenters. The minimum absolute atomic E-state index is 0. The summed E-state index contributed by atoms with van der Waals surface area (Å²) < 4.78 is 0. The fourth-order valence-corrected chi connectivity index (χ4v) is 2.55. The van der Waals surface area contributed by atoms with Crippen molar-refractivity contribution >= 4 is 33.3 Å². The van der Waals surface area contributed by atoms with Crippen molar-refractivity contribution in [1.82, 2.24) is 9.97 Å². The van der Waals surface area contributed by atoms with Crippen molar-refractivity contribution in [3.05, 3.63) is 106 Å². The molecule has 0 bridgehead atoms. The molecular formula is C22H17CuN3O5. The normalized spacial score (nSPS) is 10.0. The number of hydrogen-bond donors (Lipinski definition) is 0. The van der Waals surface area contributed by atoms with E-state index >= 15 is 0 Å². The Morgan fingerprint density at radius 3 is 1.71 bits per heavy atom. The van der Waals surface area contributed by atoms with Crippen LogP contribution in [0.5, 0.6) is 0 Å². The summed E-state index contributed by atoms with van der Waals surface area (Å²) >= 11 is 0. The van der Waals surface area contributed by atoms with Gasteiger partial charge in [-0.25, -0.2) is 0 Å². The van der Waals surface area contributed by atoms with Gasteiger partial charge in [-0.15, -0.1) is 0 Å². The molecule has 2 heterocycles. The number of fused-ring (bicyclic) bond motifs is 3. The first-order valence-corrected chi connectivity index (χ1v) is 8.73. The molecule has 0 unspecified atom stereocenters. The second kappa shape index (κ2) is 12.7. The van der Waals surface area contributed by atoms with E-state index < -0.39 is 5.09 Å². The zero-order chi connectivity index (χ0) is 21.9. The number of hydrogen-bond acceptors (Lipinski definition) is 7. The molecule has 161 valence electrons. The predicted molar refractivity (Wildman–Crippen MR) is 113 cm³/mol. The summed E-state index contributed by atoms with van der Waals surface area (Å²) in [5.41, 5.74) is 2.50. The summed E-state index contributed by atoms with van der Waals surface area (Å²) in [6.45, 7) is 1.36. The van der Waals surface area contributed by atoms with Crippen molar-refractivity contribution in [3.63, 3.8) is 0 Å². The number of carbonyl (C=O) groups excluding carboxylic acids is 1. The summed E-state index contributed by atoms with van der Waals surface area (Å²) in [6.07, 6.45) is 4.70. The van der Waals surface area contributed by atoms with Gasteiger partial charge in [0.15, 0.2) is 5.78 Å². The second-order valence-electron chi connectivity index (χ2n) is 5.92. The SMILES string of the molecule is CC(=O)/C=C(\[O-])c1ccccc1.O=[N+]([O-])[O-].[Cu+2].c1cnc2c(c1)ccc1cccnc12. The molecule has 0 saturated heterocycles. The summed E-state index contributed by atoms with van der Waals surface area (Å²) in [5, 5.41) is 28.2. The van der Waals surface area contributed by atoms with Gasteiger partial charge in [0.2, 0.25) is 0 Å². The minimum atomic E-state index is -1.75. The Labute approximate surface area is 188 Å². The van der Waals surface area contributed by atoms with Crippen molar-refractivity contribution in [2.24, 2.45) is 0 Å². The van der Waals surface area contributed by atoms with Gasteiger partial charge in [-0.2, -0.15) is 0 Å². The Kier molecular flexibility index (Phi) is 10.3. The number of benzene rings is 2. The molecule has 1 radical (unpaired) electrons. The van der Waals surface area contributed by atoms with Crippen LogP contribution >= 0.6 is 0 Å². The van der Waals surface area contributed by atoms with Crippen molar-refractivity contribution in [2.75, 3.05) is 0 Å². The van der Waals surface area contributed by atoms with Gasteiger partial charge < -0.3 is 20.4 Å². The summed E-state index contributed by atoms with van der Waals surface area (Å²) in [7, 11) is 0. The quantitative estimate of drug-likeness (QED) is 0.110. The van der Waals surface area contributed by atoms with Crippen LogP contribution in [0.4, 0.5) is 0 Å². The zero-order valence-corrected chi connectivity index (χ0v) is 17.2. The Morgan fingerprint density at radius 1 is 0.839 bits per heavy atom. The van der Waals surface area contributed by atoms with Crippen LogP contribution in [0.25, 0.3) is 27.6 Å². The van der Waals surface area contributed by atoms with Gasteiger partial charge in [0.05, 0.1) is 16.1 Å². The number of rotatable bonds is 2. The Balaban J connectivity index is 0.000000261. The van der Waals surface area contributed by atoms with E-state index in [1.165, 1.54) is 6.92 Å². The van der Waals surface area contributed by atoms with Gasteiger partial charge in [0.25, 0.3) is 0 Å². The predicted octanol–water partition coefficient (Wildman–Crippen LogP) is 3.52. The first kappa shape index (κ1) is 25.2. The van der Waals surface area contributed by atoms with Crippen molar-refractivity contribution in [3.8, 4) is 0 Å². The van der Waals surface area contributed by atoms with Crippen LogP contribution in [0.2, 0.25) is 0 Å². The van der Waals surface area contributed by atoms with E-state index in [0.717, 1.165) is 27.9 Å². The number of allylic oxidation sites excluding steroid dienone is 1. The third kappa shape index (κ3) is 8.22. The molecule has 0 spiro atoms. The Hall–Kier alpha value is -3.81. The number of ketones is 1. The van der Waals surface area contributed by atoms with Crippen LogP contribution in [0.1, 0.15) is 12.5 Å². The van der Waals surface area contributed by atoms with E-state index in [-0.39, 0.29) is 28.6 Å². The van der Waals surface area contributed by atoms with Crippen LogP contribution in [-0.4, -0.2) is 20.8 Å². The number of nitrogens with zero attached hydrogens (tertiary/aromatic N) is 3. The number of aromatic nitrogens is 2. The van der Waals surface area contributed by atoms with E-state index in [0.29, 0.717) is 5.56 Å². The number of pyridine rings is 2. The molecule has 8 nitrogen and oxygen atoms in total. The first-order chi connectivity index (χ1) is 14.4. The maximum Gasteiger partial charge on any atom is 2.00 e. The minimum Gasteiger partial charge on any atom is -0.872 e. The molecule has 0 saturated carbocycles. The summed E-state index contributed by atoms with van der Waals surface area (Å²) in [6, 6.07) is 20.9. The fourth-order valence-electron chi connectivity index (χ4n) is 2.55. The van der Waals surface area contributed by atoms with E-state index in [4.69, 9.17) is 15.3 Å². The van der Waals surface area contributed by atoms with Crippen LogP contribution in [0, 0.1) is 15.3 Å². The van der Waals surface area contributed by atoms with Crippen molar-refractivity contribution < 1.29 is 32.1 Å². The average Bonchev–Trinajstić information content (AvgIpc) is 2.74. The third-order valence-corrected chi connectivity index (χ3v) is 3.74. The average molecular weight is 467 g/mol. The van der Waals surface area contributed by atoms with Gasteiger partial charge >= 0.3 is 17.1 Å². The van der Waals surface area contributed by atoms with Crippen LogP contribution in [0.15, 0.2) is 85.2 Å². The van der Waals surface area contributed by atoms with Gasteiger partial charge in [0, 0.05) is 23.2 Å².